The number of nitrogens with zero attached hydrogens (tertiary/aromatic N) is 4. The SMILES string of the molecule is C#Cc1c(-c2ccccc2)noc1C.Cc1onc(-c2ccccc2)c1C#Cc1cnccn1. The Labute approximate surface area is 197 Å². The molecule has 0 aliphatic rings. The zero-order valence-corrected chi connectivity index (χ0v) is 18.7. The highest BCUT2D eigenvalue weighted by Gasteiger charge is 2.13. The first-order chi connectivity index (χ1) is 16.7. The minimum absolute atomic E-state index is 0.618. The van der Waals surface area contributed by atoms with Crippen molar-refractivity contribution in [2.75, 3.05) is 0 Å². The van der Waals surface area contributed by atoms with Gasteiger partial charge < -0.3 is 9.05 Å². The highest BCUT2D eigenvalue weighted by molar-refractivity contribution is 5.68. The molecule has 164 valence electrons. The molecule has 0 unspecified atom stereocenters. The summed E-state index contributed by atoms with van der Waals surface area (Å²) in [6, 6.07) is 19.6. The van der Waals surface area contributed by atoms with Gasteiger partial charge in [0, 0.05) is 23.5 Å². The van der Waals surface area contributed by atoms with Crippen molar-refractivity contribution in [3.63, 3.8) is 0 Å². The molecule has 0 fully saturated rings. The Morgan fingerprint density at radius 1 is 0.706 bits per heavy atom. The summed E-state index contributed by atoms with van der Waals surface area (Å²) < 4.78 is 10.3. The Hall–Kier alpha value is -4.94. The Kier molecular flexibility index (Phi) is 6.93. The summed E-state index contributed by atoms with van der Waals surface area (Å²) in [6.07, 6.45) is 10.2. The maximum absolute atomic E-state index is 5.38. The van der Waals surface area contributed by atoms with Gasteiger partial charge in [-0.3, -0.25) is 4.98 Å². The number of aryl methyl sites for hydroxylation is 2. The lowest BCUT2D eigenvalue weighted by atomic mass is 10.1. The minimum Gasteiger partial charge on any atom is -0.360 e. The van der Waals surface area contributed by atoms with E-state index in [1.807, 2.05) is 74.5 Å². The van der Waals surface area contributed by atoms with Crippen molar-refractivity contribution >= 4 is 0 Å². The van der Waals surface area contributed by atoms with Gasteiger partial charge in [-0.2, -0.15) is 0 Å². The summed E-state index contributed by atoms with van der Waals surface area (Å²) in [5.41, 5.74) is 5.58. The van der Waals surface area contributed by atoms with E-state index in [0.29, 0.717) is 17.2 Å². The lowest BCUT2D eigenvalue weighted by molar-refractivity contribution is 0.399. The fourth-order valence-corrected chi connectivity index (χ4v) is 3.14. The maximum atomic E-state index is 5.38. The van der Waals surface area contributed by atoms with Crippen molar-refractivity contribution in [2.45, 2.75) is 13.8 Å². The van der Waals surface area contributed by atoms with Gasteiger partial charge in [-0.15, -0.1) is 6.42 Å². The van der Waals surface area contributed by atoms with Crippen LogP contribution in [0.1, 0.15) is 28.3 Å². The zero-order chi connectivity index (χ0) is 23.8. The van der Waals surface area contributed by atoms with Gasteiger partial charge in [0.05, 0.1) is 17.3 Å². The fraction of sp³-hybridized carbons (Fsp3) is 0.0714. The molecule has 0 bridgehead atoms. The Balaban J connectivity index is 0.000000172. The van der Waals surface area contributed by atoms with E-state index in [0.717, 1.165) is 33.6 Å². The average molecular weight is 444 g/mol. The molecule has 0 amide bonds. The van der Waals surface area contributed by atoms with E-state index in [2.05, 4.69) is 38.0 Å². The predicted octanol–water partition coefficient (Wildman–Crippen LogP) is 5.47. The van der Waals surface area contributed by atoms with Crippen molar-refractivity contribution in [3.05, 3.63) is 108 Å². The first kappa shape index (κ1) is 22.3. The van der Waals surface area contributed by atoms with Crippen molar-refractivity contribution in [2.24, 2.45) is 0 Å². The van der Waals surface area contributed by atoms with Gasteiger partial charge in [-0.1, -0.05) is 82.8 Å². The van der Waals surface area contributed by atoms with Crippen LogP contribution in [0.2, 0.25) is 0 Å². The van der Waals surface area contributed by atoms with Crippen LogP contribution >= 0.6 is 0 Å². The molecule has 6 heteroatoms. The molecule has 0 saturated carbocycles. The third-order valence-corrected chi connectivity index (χ3v) is 4.84. The van der Waals surface area contributed by atoms with Crippen molar-refractivity contribution in [3.8, 4) is 46.7 Å². The zero-order valence-electron chi connectivity index (χ0n) is 18.7. The molecule has 0 radical (unpaired) electrons. The molecular formula is C28H20N4O2. The van der Waals surface area contributed by atoms with Gasteiger partial charge in [0.25, 0.3) is 0 Å². The molecule has 34 heavy (non-hydrogen) atoms. The van der Waals surface area contributed by atoms with Crippen LogP contribution in [0.5, 0.6) is 0 Å². The molecule has 0 saturated heterocycles. The van der Waals surface area contributed by atoms with Crippen LogP contribution in [0.4, 0.5) is 0 Å². The summed E-state index contributed by atoms with van der Waals surface area (Å²) in [6.45, 7) is 3.66. The lowest BCUT2D eigenvalue weighted by Gasteiger charge is -1.95. The molecular weight excluding hydrogens is 424 g/mol. The Morgan fingerprint density at radius 2 is 1.26 bits per heavy atom. The van der Waals surface area contributed by atoms with E-state index in [4.69, 9.17) is 15.5 Å². The molecule has 5 aromatic rings. The smallest absolute Gasteiger partial charge is 0.149 e. The van der Waals surface area contributed by atoms with Crippen LogP contribution < -0.4 is 0 Å². The molecule has 0 aliphatic heterocycles. The van der Waals surface area contributed by atoms with Crippen molar-refractivity contribution in [1.29, 1.82) is 0 Å². The van der Waals surface area contributed by atoms with E-state index in [1.54, 1.807) is 18.6 Å². The second-order valence-corrected chi connectivity index (χ2v) is 7.14. The van der Waals surface area contributed by atoms with Crippen molar-refractivity contribution < 1.29 is 9.05 Å². The summed E-state index contributed by atoms with van der Waals surface area (Å²) >= 11 is 0. The van der Waals surface area contributed by atoms with E-state index >= 15 is 0 Å². The fourth-order valence-electron chi connectivity index (χ4n) is 3.14. The Bertz CT molecular complexity index is 1470. The molecule has 0 N–H and O–H groups in total. The molecule has 3 heterocycles. The Morgan fingerprint density at radius 3 is 1.79 bits per heavy atom. The highest BCUT2D eigenvalue weighted by Crippen LogP contribution is 2.24. The van der Waals surface area contributed by atoms with E-state index in [-0.39, 0.29) is 0 Å². The minimum atomic E-state index is 0.618. The third-order valence-electron chi connectivity index (χ3n) is 4.84. The number of benzene rings is 2. The van der Waals surface area contributed by atoms with E-state index in [9.17, 15) is 0 Å². The van der Waals surface area contributed by atoms with E-state index < -0.39 is 0 Å². The normalized spacial score (nSPS) is 9.79. The van der Waals surface area contributed by atoms with Crippen molar-refractivity contribution in [1.82, 2.24) is 20.3 Å². The molecule has 6 nitrogen and oxygen atoms in total. The second kappa shape index (κ2) is 10.6. The lowest BCUT2D eigenvalue weighted by Crippen LogP contribution is -1.85. The standard InChI is InChI=1S/C16H11N3O.C12H9NO/c1-12-15(8-7-14-11-17-9-10-18-14)16(19-20-12)13-5-3-2-4-6-13;1-3-11-9(2)14-13-12(11)10-7-5-4-6-8-10/h2-6,9-11H,1H3;1,4-8H,2H3. The van der Waals surface area contributed by atoms with Crippen LogP contribution in [0, 0.1) is 38.0 Å². The average Bonchev–Trinajstić information content (AvgIpc) is 3.46. The van der Waals surface area contributed by atoms with Crippen LogP contribution in [-0.4, -0.2) is 20.3 Å². The largest absolute Gasteiger partial charge is 0.360 e. The van der Waals surface area contributed by atoms with Gasteiger partial charge in [-0.05, 0) is 19.8 Å². The van der Waals surface area contributed by atoms with Gasteiger partial charge in [0.15, 0.2) is 0 Å². The molecule has 5 rings (SSSR count). The van der Waals surface area contributed by atoms with Gasteiger partial charge in [0.1, 0.15) is 28.6 Å². The van der Waals surface area contributed by atoms with Gasteiger partial charge in [-0.25, -0.2) is 4.98 Å². The molecule has 0 spiro atoms. The number of rotatable bonds is 2. The number of hydrogen-bond donors (Lipinski definition) is 0. The first-order valence-electron chi connectivity index (χ1n) is 10.5. The molecule has 3 aromatic heterocycles. The maximum Gasteiger partial charge on any atom is 0.149 e. The molecule has 0 atom stereocenters. The summed E-state index contributed by atoms with van der Waals surface area (Å²) in [4.78, 5) is 8.11. The molecule has 2 aromatic carbocycles. The summed E-state index contributed by atoms with van der Waals surface area (Å²) in [7, 11) is 0. The number of aromatic nitrogens is 4. The monoisotopic (exact) mass is 444 g/mol. The quantitative estimate of drug-likeness (QED) is 0.336. The number of terminal acetylenes is 1. The first-order valence-corrected chi connectivity index (χ1v) is 10.5. The molecule has 0 aliphatic carbocycles. The van der Waals surface area contributed by atoms with Crippen LogP contribution in [-0.2, 0) is 0 Å². The highest BCUT2D eigenvalue weighted by atomic mass is 16.5. The van der Waals surface area contributed by atoms with Gasteiger partial charge >= 0.3 is 0 Å². The predicted molar refractivity (Wildman–Crippen MR) is 129 cm³/mol. The number of hydrogen-bond acceptors (Lipinski definition) is 6. The third kappa shape index (κ3) is 5.09. The van der Waals surface area contributed by atoms with Gasteiger partial charge in [0.2, 0.25) is 0 Å². The topological polar surface area (TPSA) is 77.8 Å². The van der Waals surface area contributed by atoms with Crippen LogP contribution in [0.15, 0.2) is 88.3 Å². The van der Waals surface area contributed by atoms with E-state index in [1.165, 1.54) is 0 Å². The second-order valence-electron chi connectivity index (χ2n) is 7.14. The summed E-state index contributed by atoms with van der Waals surface area (Å²) in [5.74, 6) is 10.0. The van der Waals surface area contributed by atoms with Crippen LogP contribution in [0.3, 0.4) is 0 Å². The van der Waals surface area contributed by atoms with Crippen LogP contribution in [0.25, 0.3) is 22.5 Å². The summed E-state index contributed by atoms with van der Waals surface area (Å²) in [5, 5.41) is 8.02.